The SMILES string of the molecule is CCC1CC(C)C(C)[C@H](OC)O1. The Labute approximate surface area is 75.2 Å². The van der Waals surface area contributed by atoms with Gasteiger partial charge in [0, 0.05) is 13.0 Å². The van der Waals surface area contributed by atoms with E-state index in [9.17, 15) is 0 Å². The molecule has 0 aromatic heterocycles. The number of rotatable bonds is 2. The van der Waals surface area contributed by atoms with Crippen molar-refractivity contribution in [3.63, 3.8) is 0 Å². The third kappa shape index (κ3) is 1.99. The Morgan fingerprint density at radius 2 is 2.08 bits per heavy atom. The Hall–Kier alpha value is -0.0800. The summed E-state index contributed by atoms with van der Waals surface area (Å²) in [6.45, 7) is 6.65. The molecule has 72 valence electrons. The monoisotopic (exact) mass is 172 g/mol. The van der Waals surface area contributed by atoms with Gasteiger partial charge in [-0.1, -0.05) is 20.8 Å². The first-order valence-electron chi connectivity index (χ1n) is 4.87. The molecule has 0 aromatic rings. The summed E-state index contributed by atoms with van der Waals surface area (Å²) < 4.78 is 11.0. The fourth-order valence-corrected chi connectivity index (χ4v) is 1.80. The van der Waals surface area contributed by atoms with Crippen LogP contribution in [0, 0.1) is 11.8 Å². The fraction of sp³-hybridized carbons (Fsp3) is 1.00. The van der Waals surface area contributed by atoms with Crippen LogP contribution in [0.4, 0.5) is 0 Å². The van der Waals surface area contributed by atoms with E-state index in [2.05, 4.69) is 20.8 Å². The predicted octanol–water partition coefficient (Wildman–Crippen LogP) is 2.43. The standard InChI is InChI=1S/C10H20O2/c1-5-9-6-7(2)8(3)10(11-4)12-9/h7-10H,5-6H2,1-4H3/t7?,8?,9?,10-/m1/s1. The van der Waals surface area contributed by atoms with Gasteiger partial charge in [0.1, 0.15) is 0 Å². The minimum atomic E-state index is 0.0127. The van der Waals surface area contributed by atoms with Crippen LogP contribution in [0.1, 0.15) is 33.6 Å². The molecule has 1 fully saturated rings. The van der Waals surface area contributed by atoms with Gasteiger partial charge in [-0.3, -0.25) is 0 Å². The molecule has 0 bridgehead atoms. The molecule has 1 aliphatic heterocycles. The lowest BCUT2D eigenvalue weighted by atomic mass is 9.86. The number of methoxy groups -OCH3 is 1. The zero-order chi connectivity index (χ0) is 9.14. The van der Waals surface area contributed by atoms with Gasteiger partial charge in [0.05, 0.1) is 6.10 Å². The van der Waals surface area contributed by atoms with Crippen molar-refractivity contribution >= 4 is 0 Å². The van der Waals surface area contributed by atoms with Crippen LogP contribution in [0.25, 0.3) is 0 Å². The highest BCUT2D eigenvalue weighted by Crippen LogP contribution is 2.31. The molecule has 12 heavy (non-hydrogen) atoms. The average Bonchev–Trinajstić information content (AvgIpc) is 2.09. The molecule has 2 nitrogen and oxygen atoms in total. The van der Waals surface area contributed by atoms with Crippen molar-refractivity contribution in [2.45, 2.75) is 46.0 Å². The van der Waals surface area contributed by atoms with E-state index in [0.717, 1.165) is 6.42 Å². The zero-order valence-electron chi connectivity index (χ0n) is 8.54. The van der Waals surface area contributed by atoms with Gasteiger partial charge in [-0.2, -0.15) is 0 Å². The summed E-state index contributed by atoms with van der Waals surface area (Å²) in [7, 11) is 1.73. The Bertz CT molecular complexity index is 136. The summed E-state index contributed by atoms with van der Waals surface area (Å²) >= 11 is 0. The summed E-state index contributed by atoms with van der Waals surface area (Å²) in [6, 6.07) is 0. The van der Waals surface area contributed by atoms with E-state index in [1.807, 2.05) is 0 Å². The van der Waals surface area contributed by atoms with E-state index < -0.39 is 0 Å². The Morgan fingerprint density at radius 3 is 2.58 bits per heavy atom. The summed E-state index contributed by atoms with van der Waals surface area (Å²) in [6.07, 6.45) is 2.69. The lowest BCUT2D eigenvalue weighted by molar-refractivity contribution is -0.219. The third-order valence-electron chi connectivity index (χ3n) is 2.98. The molecular weight excluding hydrogens is 152 g/mol. The van der Waals surface area contributed by atoms with E-state index in [-0.39, 0.29) is 6.29 Å². The van der Waals surface area contributed by atoms with E-state index in [1.54, 1.807) is 7.11 Å². The van der Waals surface area contributed by atoms with Crippen LogP contribution in [-0.4, -0.2) is 19.5 Å². The molecule has 1 aliphatic rings. The van der Waals surface area contributed by atoms with Crippen molar-refractivity contribution in [1.29, 1.82) is 0 Å². The Morgan fingerprint density at radius 1 is 1.42 bits per heavy atom. The first kappa shape index (κ1) is 10.0. The first-order valence-corrected chi connectivity index (χ1v) is 4.87. The smallest absolute Gasteiger partial charge is 0.160 e. The van der Waals surface area contributed by atoms with Crippen LogP contribution in [0.5, 0.6) is 0 Å². The van der Waals surface area contributed by atoms with E-state index in [0.29, 0.717) is 17.9 Å². The largest absolute Gasteiger partial charge is 0.356 e. The number of hydrogen-bond donors (Lipinski definition) is 0. The average molecular weight is 172 g/mol. The van der Waals surface area contributed by atoms with Crippen molar-refractivity contribution in [1.82, 2.24) is 0 Å². The minimum absolute atomic E-state index is 0.0127. The zero-order valence-corrected chi connectivity index (χ0v) is 8.54. The highest BCUT2D eigenvalue weighted by molar-refractivity contribution is 4.75. The van der Waals surface area contributed by atoms with Crippen LogP contribution in [-0.2, 0) is 9.47 Å². The van der Waals surface area contributed by atoms with E-state index in [4.69, 9.17) is 9.47 Å². The number of hydrogen-bond acceptors (Lipinski definition) is 2. The molecule has 4 atom stereocenters. The lowest BCUT2D eigenvalue weighted by Crippen LogP contribution is -2.39. The van der Waals surface area contributed by atoms with E-state index in [1.165, 1.54) is 6.42 Å². The molecule has 0 spiro atoms. The molecule has 0 N–H and O–H groups in total. The molecule has 1 rings (SSSR count). The summed E-state index contributed by atoms with van der Waals surface area (Å²) in [4.78, 5) is 0. The minimum Gasteiger partial charge on any atom is -0.356 e. The van der Waals surface area contributed by atoms with Crippen LogP contribution in [0.15, 0.2) is 0 Å². The van der Waals surface area contributed by atoms with Crippen molar-refractivity contribution in [3.8, 4) is 0 Å². The fourth-order valence-electron chi connectivity index (χ4n) is 1.80. The quantitative estimate of drug-likeness (QED) is 0.637. The van der Waals surface area contributed by atoms with Crippen molar-refractivity contribution in [2.75, 3.05) is 7.11 Å². The second kappa shape index (κ2) is 4.24. The molecule has 0 aliphatic carbocycles. The molecule has 0 radical (unpaired) electrons. The van der Waals surface area contributed by atoms with Gasteiger partial charge >= 0.3 is 0 Å². The maximum absolute atomic E-state index is 5.75. The molecule has 0 aromatic carbocycles. The summed E-state index contributed by atoms with van der Waals surface area (Å²) in [5.41, 5.74) is 0. The third-order valence-corrected chi connectivity index (χ3v) is 2.98. The Kier molecular flexibility index (Phi) is 3.53. The molecule has 3 unspecified atom stereocenters. The van der Waals surface area contributed by atoms with Gasteiger partial charge in [0.2, 0.25) is 0 Å². The first-order chi connectivity index (χ1) is 5.69. The molecule has 0 amide bonds. The second-order valence-electron chi connectivity index (χ2n) is 3.84. The van der Waals surface area contributed by atoms with Crippen LogP contribution in [0.3, 0.4) is 0 Å². The highest BCUT2D eigenvalue weighted by atomic mass is 16.7. The molecule has 1 saturated heterocycles. The predicted molar refractivity (Wildman–Crippen MR) is 48.9 cm³/mol. The van der Waals surface area contributed by atoms with Crippen molar-refractivity contribution in [3.05, 3.63) is 0 Å². The van der Waals surface area contributed by atoms with Crippen molar-refractivity contribution in [2.24, 2.45) is 11.8 Å². The molecular formula is C10H20O2. The molecule has 1 heterocycles. The van der Waals surface area contributed by atoms with Crippen LogP contribution >= 0.6 is 0 Å². The lowest BCUT2D eigenvalue weighted by Gasteiger charge is -2.37. The topological polar surface area (TPSA) is 18.5 Å². The normalized spacial score (nSPS) is 43.0. The van der Waals surface area contributed by atoms with Gasteiger partial charge in [-0.05, 0) is 18.8 Å². The number of ether oxygens (including phenoxy) is 2. The van der Waals surface area contributed by atoms with Crippen molar-refractivity contribution < 1.29 is 9.47 Å². The second-order valence-corrected chi connectivity index (χ2v) is 3.84. The van der Waals surface area contributed by atoms with Gasteiger partial charge in [-0.25, -0.2) is 0 Å². The maximum Gasteiger partial charge on any atom is 0.160 e. The Balaban J connectivity index is 2.52. The van der Waals surface area contributed by atoms with Crippen LogP contribution < -0.4 is 0 Å². The van der Waals surface area contributed by atoms with Gasteiger partial charge in [-0.15, -0.1) is 0 Å². The molecule has 2 heteroatoms. The van der Waals surface area contributed by atoms with Gasteiger partial charge in [0.15, 0.2) is 6.29 Å². The summed E-state index contributed by atoms with van der Waals surface area (Å²) in [5, 5.41) is 0. The van der Waals surface area contributed by atoms with Crippen LogP contribution in [0.2, 0.25) is 0 Å². The highest BCUT2D eigenvalue weighted by Gasteiger charge is 2.32. The summed E-state index contributed by atoms with van der Waals surface area (Å²) in [5.74, 6) is 1.24. The maximum atomic E-state index is 5.75. The van der Waals surface area contributed by atoms with E-state index >= 15 is 0 Å². The van der Waals surface area contributed by atoms with Gasteiger partial charge < -0.3 is 9.47 Å². The molecule has 0 saturated carbocycles. The van der Waals surface area contributed by atoms with Gasteiger partial charge in [0.25, 0.3) is 0 Å².